The number of imidazole rings is 2. The molecule has 0 spiro atoms. The van der Waals surface area contributed by atoms with E-state index in [2.05, 4.69) is 53.3 Å². The number of nitrogens with one attached hydrogen (secondary N) is 1. The van der Waals surface area contributed by atoms with E-state index in [0.29, 0.717) is 0 Å². The third-order valence-electron chi connectivity index (χ3n) is 6.46. The standard InChI is InChI=1S/C28H23N5O/c1-17-7-6-8-18(15-17)25-26(19-11-12-23-24(16-19)33(3)28(34)32(23)2)31-27(30-25)21-13-14-29-22-10-5-4-9-20(21)22/h4-16H,1-3H3,(H,30,31). The molecular formula is C28H23N5O. The van der Waals surface area contributed by atoms with E-state index < -0.39 is 0 Å². The van der Waals surface area contributed by atoms with Crippen LogP contribution in [-0.2, 0) is 14.1 Å². The number of nitrogens with zero attached hydrogens (tertiary/aromatic N) is 4. The van der Waals surface area contributed by atoms with Crippen molar-refractivity contribution < 1.29 is 0 Å². The van der Waals surface area contributed by atoms with Gasteiger partial charge in [0, 0.05) is 42.4 Å². The van der Waals surface area contributed by atoms with E-state index in [-0.39, 0.29) is 5.69 Å². The Morgan fingerprint density at radius 2 is 1.65 bits per heavy atom. The number of aromatic amines is 1. The van der Waals surface area contributed by atoms with Gasteiger partial charge in [0.05, 0.1) is 27.9 Å². The van der Waals surface area contributed by atoms with E-state index >= 15 is 0 Å². The van der Waals surface area contributed by atoms with E-state index in [0.717, 1.165) is 55.8 Å². The van der Waals surface area contributed by atoms with Gasteiger partial charge in [0.1, 0.15) is 5.82 Å². The van der Waals surface area contributed by atoms with Gasteiger partial charge < -0.3 is 4.98 Å². The lowest BCUT2D eigenvalue weighted by atomic mass is 10.0. The average Bonchev–Trinajstić information content (AvgIpc) is 3.40. The molecule has 3 aromatic carbocycles. The Bertz CT molecular complexity index is 1760. The molecule has 3 heterocycles. The first-order chi connectivity index (χ1) is 16.5. The smallest absolute Gasteiger partial charge is 0.328 e. The summed E-state index contributed by atoms with van der Waals surface area (Å²) in [5.74, 6) is 0.784. The van der Waals surface area contributed by atoms with Crippen molar-refractivity contribution in [3.05, 3.63) is 95.0 Å². The molecule has 3 aromatic heterocycles. The van der Waals surface area contributed by atoms with Crippen LogP contribution in [0.1, 0.15) is 5.56 Å². The average molecular weight is 446 g/mol. The maximum atomic E-state index is 12.5. The molecule has 6 aromatic rings. The van der Waals surface area contributed by atoms with Gasteiger partial charge in [0.2, 0.25) is 0 Å². The highest BCUT2D eigenvalue weighted by molar-refractivity contribution is 5.94. The summed E-state index contributed by atoms with van der Waals surface area (Å²) in [5.41, 5.74) is 8.64. The van der Waals surface area contributed by atoms with Gasteiger partial charge in [-0.15, -0.1) is 0 Å². The molecule has 0 aliphatic heterocycles. The molecule has 1 N–H and O–H groups in total. The number of hydrogen-bond donors (Lipinski definition) is 1. The zero-order valence-corrected chi connectivity index (χ0v) is 19.2. The Morgan fingerprint density at radius 1 is 0.824 bits per heavy atom. The van der Waals surface area contributed by atoms with Gasteiger partial charge in [0.15, 0.2) is 0 Å². The second kappa shape index (κ2) is 7.56. The molecule has 34 heavy (non-hydrogen) atoms. The Labute approximate surface area is 196 Å². The molecule has 6 heteroatoms. The van der Waals surface area contributed by atoms with Crippen molar-refractivity contribution in [1.29, 1.82) is 0 Å². The minimum absolute atomic E-state index is 0.0420. The lowest BCUT2D eigenvalue weighted by Crippen LogP contribution is -2.19. The van der Waals surface area contributed by atoms with Crippen molar-refractivity contribution in [3.63, 3.8) is 0 Å². The first-order valence-electron chi connectivity index (χ1n) is 11.2. The molecule has 0 fully saturated rings. The van der Waals surface area contributed by atoms with Crippen LogP contribution in [0.5, 0.6) is 0 Å². The summed E-state index contributed by atoms with van der Waals surface area (Å²) < 4.78 is 3.35. The predicted octanol–water partition coefficient (Wildman–Crippen LogP) is 5.46. The van der Waals surface area contributed by atoms with E-state index in [1.165, 1.54) is 5.56 Å². The van der Waals surface area contributed by atoms with Crippen molar-refractivity contribution >= 4 is 21.9 Å². The molecule has 6 nitrogen and oxygen atoms in total. The molecule has 166 valence electrons. The number of rotatable bonds is 3. The highest BCUT2D eigenvalue weighted by Crippen LogP contribution is 2.36. The number of aryl methyl sites for hydroxylation is 3. The van der Waals surface area contributed by atoms with Gasteiger partial charge in [-0.25, -0.2) is 9.78 Å². The van der Waals surface area contributed by atoms with Gasteiger partial charge in [-0.3, -0.25) is 14.1 Å². The van der Waals surface area contributed by atoms with Crippen molar-refractivity contribution in [2.75, 3.05) is 0 Å². The van der Waals surface area contributed by atoms with Crippen LogP contribution in [0.3, 0.4) is 0 Å². The summed E-state index contributed by atoms with van der Waals surface area (Å²) in [4.78, 5) is 25.7. The number of para-hydroxylation sites is 1. The molecule has 0 unspecified atom stereocenters. The second-order valence-electron chi connectivity index (χ2n) is 8.66. The fourth-order valence-electron chi connectivity index (χ4n) is 4.68. The minimum atomic E-state index is -0.0420. The third-order valence-corrected chi connectivity index (χ3v) is 6.46. The van der Waals surface area contributed by atoms with Gasteiger partial charge in [0.25, 0.3) is 0 Å². The number of hydrogen-bond acceptors (Lipinski definition) is 3. The highest BCUT2D eigenvalue weighted by atomic mass is 16.1. The molecule has 0 radical (unpaired) electrons. The Kier molecular flexibility index (Phi) is 4.48. The lowest BCUT2D eigenvalue weighted by Gasteiger charge is -2.05. The molecule has 0 atom stereocenters. The summed E-state index contributed by atoms with van der Waals surface area (Å²) in [6, 6.07) is 24.5. The first-order valence-corrected chi connectivity index (χ1v) is 11.2. The van der Waals surface area contributed by atoms with E-state index in [4.69, 9.17) is 4.98 Å². The van der Waals surface area contributed by atoms with Crippen molar-refractivity contribution in [3.8, 4) is 33.9 Å². The summed E-state index contributed by atoms with van der Waals surface area (Å²) in [7, 11) is 3.60. The van der Waals surface area contributed by atoms with Crippen LogP contribution in [0.2, 0.25) is 0 Å². The SMILES string of the molecule is Cc1cccc(-c2nc(-c3ccnc4ccccc34)[nH]c2-c2ccc3c(c2)n(C)c(=O)n3C)c1. The molecule has 0 amide bonds. The van der Waals surface area contributed by atoms with Crippen LogP contribution in [-0.4, -0.2) is 24.1 Å². The Morgan fingerprint density at radius 3 is 2.50 bits per heavy atom. The fraction of sp³-hybridized carbons (Fsp3) is 0.107. The van der Waals surface area contributed by atoms with Crippen LogP contribution in [0.4, 0.5) is 0 Å². The van der Waals surface area contributed by atoms with Gasteiger partial charge in [-0.2, -0.15) is 0 Å². The van der Waals surface area contributed by atoms with Crippen LogP contribution in [0, 0.1) is 6.92 Å². The van der Waals surface area contributed by atoms with Gasteiger partial charge in [-0.1, -0.05) is 48.0 Å². The summed E-state index contributed by atoms with van der Waals surface area (Å²) in [6.07, 6.45) is 1.82. The van der Waals surface area contributed by atoms with Crippen molar-refractivity contribution in [2.45, 2.75) is 6.92 Å². The molecule has 0 aliphatic rings. The predicted molar refractivity (Wildman–Crippen MR) is 137 cm³/mol. The molecular weight excluding hydrogens is 422 g/mol. The molecule has 0 saturated heterocycles. The summed E-state index contributed by atoms with van der Waals surface area (Å²) >= 11 is 0. The maximum absolute atomic E-state index is 12.5. The molecule has 6 rings (SSSR count). The number of pyridine rings is 1. The maximum Gasteiger partial charge on any atom is 0.328 e. The molecule has 0 bridgehead atoms. The van der Waals surface area contributed by atoms with Gasteiger partial charge in [-0.05, 0) is 37.3 Å². The number of fused-ring (bicyclic) bond motifs is 2. The summed E-state index contributed by atoms with van der Waals surface area (Å²) in [5, 5.41) is 1.04. The normalized spacial score (nSPS) is 11.5. The third kappa shape index (κ3) is 3.07. The first kappa shape index (κ1) is 20.2. The molecule has 0 saturated carbocycles. The number of benzene rings is 3. The topological polar surface area (TPSA) is 68.5 Å². The Balaban J connectivity index is 1.63. The zero-order valence-electron chi connectivity index (χ0n) is 19.2. The van der Waals surface area contributed by atoms with Crippen LogP contribution in [0.25, 0.3) is 55.8 Å². The number of H-pyrrole nitrogens is 1. The van der Waals surface area contributed by atoms with Crippen LogP contribution in [0.15, 0.2) is 83.8 Å². The second-order valence-corrected chi connectivity index (χ2v) is 8.66. The molecule has 0 aliphatic carbocycles. The largest absolute Gasteiger partial charge is 0.337 e. The fourth-order valence-corrected chi connectivity index (χ4v) is 4.68. The minimum Gasteiger partial charge on any atom is -0.337 e. The monoisotopic (exact) mass is 445 g/mol. The zero-order chi connectivity index (χ0) is 23.4. The van der Waals surface area contributed by atoms with Gasteiger partial charge >= 0.3 is 5.69 Å². The van der Waals surface area contributed by atoms with Crippen LogP contribution >= 0.6 is 0 Å². The quantitative estimate of drug-likeness (QED) is 0.393. The van der Waals surface area contributed by atoms with Crippen molar-refractivity contribution in [1.82, 2.24) is 24.1 Å². The highest BCUT2D eigenvalue weighted by Gasteiger charge is 2.18. The van der Waals surface area contributed by atoms with E-state index in [1.807, 2.05) is 42.6 Å². The Hall–Kier alpha value is -4.45. The van der Waals surface area contributed by atoms with E-state index in [1.54, 1.807) is 23.2 Å². The van der Waals surface area contributed by atoms with E-state index in [9.17, 15) is 4.79 Å². The lowest BCUT2D eigenvalue weighted by molar-refractivity contribution is 0.795. The summed E-state index contributed by atoms with van der Waals surface area (Å²) in [6.45, 7) is 2.08. The number of aromatic nitrogens is 5. The van der Waals surface area contributed by atoms with Crippen molar-refractivity contribution in [2.24, 2.45) is 14.1 Å². The van der Waals surface area contributed by atoms with Crippen LogP contribution < -0.4 is 5.69 Å².